The smallest absolute Gasteiger partial charge is 0.326 e. The van der Waals surface area contributed by atoms with E-state index >= 15 is 0 Å². The normalized spacial score (nSPS) is 14.4. The van der Waals surface area contributed by atoms with Gasteiger partial charge in [-0.25, -0.2) is 14.8 Å². The van der Waals surface area contributed by atoms with Gasteiger partial charge in [-0.3, -0.25) is 14.1 Å². The van der Waals surface area contributed by atoms with Gasteiger partial charge in [0.05, 0.1) is 23.8 Å². The number of pyridine rings is 2. The van der Waals surface area contributed by atoms with Crippen molar-refractivity contribution in [1.29, 1.82) is 0 Å². The molecule has 0 aromatic carbocycles. The fourth-order valence-electron chi connectivity index (χ4n) is 4.06. The van der Waals surface area contributed by atoms with Crippen molar-refractivity contribution < 1.29 is 0 Å². The third kappa shape index (κ3) is 3.21. The first kappa shape index (κ1) is 19.0. The molecule has 4 aromatic rings. The molecule has 0 spiro atoms. The van der Waals surface area contributed by atoms with E-state index < -0.39 is 0 Å². The summed E-state index contributed by atoms with van der Waals surface area (Å²) < 4.78 is 5.87. The molecule has 4 aromatic heterocycles. The third-order valence-corrected chi connectivity index (χ3v) is 5.86. The van der Waals surface area contributed by atoms with Crippen molar-refractivity contribution in [2.45, 2.75) is 58.8 Å². The lowest BCUT2D eigenvalue weighted by molar-refractivity contribution is 0.505. The monoisotopic (exact) mass is 405 g/mol. The van der Waals surface area contributed by atoms with E-state index in [0.29, 0.717) is 25.0 Å². The second-order valence-corrected chi connectivity index (χ2v) is 8.59. The van der Waals surface area contributed by atoms with Gasteiger partial charge in [-0.2, -0.15) is 0 Å². The molecule has 4 heterocycles. The molecular formula is C22H27N7O. The van der Waals surface area contributed by atoms with Crippen molar-refractivity contribution in [3.05, 3.63) is 52.6 Å². The van der Waals surface area contributed by atoms with E-state index in [9.17, 15) is 4.79 Å². The van der Waals surface area contributed by atoms with Gasteiger partial charge in [-0.05, 0) is 42.9 Å². The van der Waals surface area contributed by atoms with E-state index in [2.05, 4.69) is 28.4 Å². The first-order chi connectivity index (χ1) is 14.6. The summed E-state index contributed by atoms with van der Waals surface area (Å²) >= 11 is 0. The fourth-order valence-corrected chi connectivity index (χ4v) is 4.06. The lowest BCUT2D eigenvalue weighted by atomic mass is 10.1. The van der Waals surface area contributed by atoms with Crippen LogP contribution in [0.4, 0.5) is 0 Å². The molecule has 8 nitrogen and oxygen atoms in total. The van der Waals surface area contributed by atoms with Crippen molar-refractivity contribution in [2.75, 3.05) is 0 Å². The molecule has 1 fully saturated rings. The molecule has 0 amide bonds. The van der Waals surface area contributed by atoms with Crippen LogP contribution in [0.1, 0.15) is 50.5 Å². The summed E-state index contributed by atoms with van der Waals surface area (Å²) in [5.41, 5.74) is 10.2. The van der Waals surface area contributed by atoms with Crippen LogP contribution >= 0.6 is 0 Å². The SMILES string of the molecule is CC(C)CCn1c(Cn2c(=O)n(C3CC3)c3ccncc32)nc2cc(CN)cnc21. The predicted molar refractivity (Wildman–Crippen MR) is 116 cm³/mol. The van der Waals surface area contributed by atoms with E-state index in [1.54, 1.807) is 17.0 Å². The van der Waals surface area contributed by atoms with Crippen LogP contribution in [0.3, 0.4) is 0 Å². The molecule has 156 valence electrons. The predicted octanol–water partition coefficient (Wildman–Crippen LogP) is 2.83. The number of aryl methyl sites for hydroxylation is 1. The van der Waals surface area contributed by atoms with Crippen LogP contribution in [0.15, 0.2) is 35.5 Å². The second-order valence-electron chi connectivity index (χ2n) is 8.59. The topological polar surface area (TPSA) is 96.5 Å². The van der Waals surface area contributed by atoms with Crippen molar-refractivity contribution >= 4 is 22.2 Å². The summed E-state index contributed by atoms with van der Waals surface area (Å²) in [5.74, 6) is 1.40. The number of hydrogen-bond donors (Lipinski definition) is 1. The lowest BCUT2D eigenvalue weighted by Gasteiger charge is -2.11. The number of nitrogens with two attached hydrogens (primary N) is 1. The molecule has 2 N–H and O–H groups in total. The lowest BCUT2D eigenvalue weighted by Crippen LogP contribution is -2.25. The summed E-state index contributed by atoms with van der Waals surface area (Å²) in [4.78, 5) is 27.1. The standard InChI is InChI=1S/C22H27N7O/c1-14(2)6-8-27-20(26-17-9-15(10-23)11-25-21(17)27)13-28-19-12-24-7-5-18(19)29(22(28)30)16-3-4-16/h5,7,9,11-12,14,16H,3-4,6,8,10,13,23H2,1-2H3. The Morgan fingerprint density at radius 2 is 2.03 bits per heavy atom. The van der Waals surface area contributed by atoms with Crippen LogP contribution < -0.4 is 11.4 Å². The highest BCUT2D eigenvalue weighted by Gasteiger charge is 2.29. The fraction of sp³-hybridized carbons (Fsp3) is 0.455. The quantitative estimate of drug-likeness (QED) is 0.510. The van der Waals surface area contributed by atoms with Gasteiger partial charge >= 0.3 is 5.69 Å². The van der Waals surface area contributed by atoms with Gasteiger partial charge in [0, 0.05) is 31.5 Å². The zero-order valence-corrected chi connectivity index (χ0v) is 17.5. The molecular weight excluding hydrogens is 378 g/mol. The molecule has 0 unspecified atom stereocenters. The maximum Gasteiger partial charge on any atom is 0.329 e. The van der Waals surface area contributed by atoms with Gasteiger partial charge < -0.3 is 10.3 Å². The van der Waals surface area contributed by atoms with Gasteiger partial charge in [0.15, 0.2) is 5.65 Å². The van der Waals surface area contributed by atoms with Crippen LogP contribution in [0.2, 0.25) is 0 Å². The second kappa shape index (κ2) is 7.36. The molecule has 0 aliphatic heterocycles. The van der Waals surface area contributed by atoms with Gasteiger partial charge in [-0.15, -0.1) is 0 Å². The van der Waals surface area contributed by atoms with Gasteiger partial charge in [-0.1, -0.05) is 13.8 Å². The van der Waals surface area contributed by atoms with Crippen LogP contribution in [0.25, 0.3) is 22.2 Å². The Morgan fingerprint density at radius 1 is 1.20 bits per heavy atom. The molecule has 30 heavy (non-hydrogen) atoms. The molecule has 1 aliphatic rings. The molecule has 5 rings (SSSR count). The minimum Gasteiger partial charge on any atom is -0.326 e. The Morgan fingerprint density at radius 3 is 2.77 bits per heavy atom. The third-order valence-electron chi connectivity index (χ3n) is 5.86. The highest BCUT2D eigenvalue weighted by atomic mass is 16.1. The average molecular weight is 406 g/mol. The summed E-state index contributed by atoms with van der Waals surface area (Å²) in [7, 11) is 0. The average Bonchev–Trinajstić information content (AvgIpc) is 3.46. The van der Waals surface area contributed by atoms with E-state index in [1.165, 1.54) is 0 Å². The minimum atomic E-state index is 0.0126. The van der Waals surface area contributed by atoms with Crippen LogP contribution in [-0.4, -0.2) is 28.7 Å². The molecule has 1 saturated carbocycles. The zero-order valence-electron chi connectivity index (χ0n) is 17.5. The Labute approximate surface area is 174 Å². The zero-order chi connectivity index (χ0) is 20.8. The highest BCUT2D eigenvalue weighted by Crippen LogP contribution is 2.36. The van der Waals surface area contributed by atoms with E-state index in [-0.39, 0.29) is 5.69 Å². The van der Waals surface area contributed by atoms with Crippen LogP contribution in [-0.2, 0) is 19.6 Å². The molecule has 0 bridgehead atoms. The summed E-state index contributed by atoms with van der Waals surface area (Å²) in [6, 6.07) is 4.23. The number of aromatic nitrogens is 6. The minimum absolute atomic E-state index is 0.0126. The number of nitrogens with zero attached hydrogens (tertiary/aromatic N) is 6. The highest BCUT2D eigenvalue weighted by molar-refractivity contribution is 5.75. The van der Waals surface area contributed by atoms with E-state index in [1.807, 2.05) is 22.9 Å². The first-order valence-electron chi connectivity index (χ1n) is 10.7. The maximum absolute atomic E-state index is 13.3. The Balaban J connectivity index is 1.64. The molecule has 8 heteroatoms. The van der Waals surface area contributed by atoms with E-state index in [4.69, 9.17) is 10.7 Å². The van der Waals surface area contributed by atoms with Crippen LogP contribution in [0.5, 0.6) is 0 Å². The molecule has 0 radical (unpaired) electrons. The number of hydrogen-bond acceptors (Lipinski definition) is 5. The van der Waals surface area contributed by atoms with Gasteiger partial charge in [0.2, 0.25) is 0 Å². The maximum atomic E-state index is 13.3. The number of rotatable bonds is 7. The Hall–Kier alpha value is -3.00. The number of fused-ring (bicyclic) bond motifs is 2. The molecule has 1 aliphatic carbocycles. The Kier molecular flexibility index (Phi) is 4.66. The summed E-state index contributed by atoms with van der Waals surface area (Å²) in [6.07, 6.45) is 8.47. The van der Waals surface area contributed by atoms with E-state index in [0.717, 1.165) is 59.4 Å². The summed E-state index contributed by atoms with van der Waals surface area (Å²) in [5, 5.41) is 0. The first-order valence-corrected chi connectivity index (χ1v) is 10.7. The van der Waals surface area contributed by atoms with Crippen molar-refractivity contribution in [2.24, 2.45) is 11.7 Å². The van der Waals surface area contributed by atoms with Crippen molar-refractivity contribution in [3.63, 3.8) is 0 Å². The molecule has 0 saturated heterocycles. The molecule has 0 atom stereocenters. The Bertz CT molecular complexity index is 1280. The van der Waals surface area contributed by atoms with Gasteiger partial charge in [0.1, 0.15) is 11.3 Å². The van der Waals surface area contributed by atoms with Crippen LogP contribution in [0, 0.1) is 5.92 Å². The summed E-state index contributed by atoms with van der Waals surface area (Å²) in [6.45, 7) is 6.05. The van der Waals surface area contributed by atoms with Crippen molar-refractivity contribution in [3.8, 4) is 0 Å². The van der Waals surface area contributed by atoms with Crippen molar-refractivity contribution in [1.82, 2.24) is 28.7 Å². The van der Waals surface area contributed by atoms with Gasteiger partial charge in [0.25, 0.3) is 0 Å². The number of imidazole rings is 2. The largest absolute Gasteiger partial charge is 0.329 e.